The van der Waals surface area contributed by atoms with Crippen LogP contribution in [-0.2, 0) is 16.0 Å². The average molecular weight is 264 g/mol. The van der Waals surface area contributed by atoms with Crippen molar-refractivity contribution in [1.29, 1.82) is 0 Å². The minimum atomic E-state index is -0.977. The largest absolute Gasteiger partial charge is 0.480 e. The van der Waals surface area contributed by atoms with Crippen LogP contribution in [0.3, 0.4) is 0 Å². The number of hydrogen-bond donors (Lipinski definition) is 1. The van der Waals surface area contributed by atoms with Gasteiger partial charge in [-0.2, -0.15) is 0 Å². The minimum absolute atomic E-state index is 0.125. The number of amides is 1. The van der Waals surface area contributed by atoms with Crippen LogP contribution in [0.25, 0.3) is 0 Å². The standard InChI is InChI=1S/C14H20N2O3/c1-11(2)9-16(10-14(18)19)13(17)6-5-12-4-3-7-15-8-12/h3-4,7-8,11H,5-6,9-10H2,1-2H3,(H,18,19). The first-order valence-electron chi connectivity index (χ1n) is 6.37. The topological polar surface area (TPSA) is 70.5 Å². The fourth-order valence-corrected chi connectivity index (χ4v) is 1.81. The van der Waals surface area contributed by atoms with Gasteiger partial charge in [0.05, 0.1) is 0 Å². The lowest BCUT2D eigenvalue weighted by molar-refractivity contribution is -0.144. The van der Waals surface area contributed by atoms with E-state index in [0.717, 1.165) is 5.56 Å². The summed E-state index contributed by atoms with van der Waals surface area (Å²) < 4.78 is 0. The van der Waals surface area contributed by atoms with Crippen LogP contribution >= 0.6 is 0 Å². The van der Waals surface area contributed by atoms with Crippen molar-refractivity contribution in [2.75, 3.05) is 13.1 Å². The third-order valence-electron chi connectivity index (χ3n) is 2.61. The number of hydrogen-bond acceptors (Lipinski definition) is 3. The number of carboxylic acid groups (broad SMARTS) is 1. The van der Waals surface area contributed by atoms with Gasteiger partial charge < -0.3 is 10.0 Å². The van der Waals surface area contributed by atoms with Gasteiger partial charge in [-0.25, -0.2) is 0 Å². The van der Waals surface area contributed by atoms with Crippen LogP contribution in [0, 0.1) is 5.92 Å². The van der Waals surface area contributed by atoms with Gasteiger partial charge in [-0.15, -0.1) is 0 Å². The highest BCUT2D eigenvalue weighted by molar-refractivity contribution is 5.81. The van der Waals surface area contributed by atoms with Crippen LogP contribution in [0.4, 0.5) is 0 Å². The molecule has 19 heavy (non-hydrogen) atoms. The molecule has 0 unspecified atom stereocenters. The maximum Gasteiger partial charge on any atom is 0.323 e. The minimum Gasteiger partial charge on any atom is -0.480 e. The lowest BCUT2D eigenvalue weighted by Crippen LogP contribution is -2.38. The molecule has 0 radical (unpaired) electrons. The third-order valence-corrected chi connectivity index (χ3v) is 2.61. The molecule has 1 rings (SSSR count). The summed E-state index contributed by atoms with van der Waals surface area (Å²) in [5, 5.41) is 8.83. The van der Waals surface area contributed by atoms with Crippen LogP contribution in [-0.4, -0.2) is 40.0 Å². The lowest BCUT2D eigenvalue weighted by Gasteiger charge is -2.22. The summed E-state index contributed by atoms with van der Waals surface area (Å²) in [4.78, 5) is 28.2. The summed E-state index contributed by atoms with van der Waals surface area (Å²) in [7, 11) is 0. The Bertz CT molecular complexity index is 418. The van der Waals surface area contributed by atoms with Crippen molar-refractivity contribution in [1.82, 2.24) is 9.88 Å². The zero-order valence-electron chi connectivity index (χ0n) is 11.4. The van der Waals surface area contributed by atoms with Gasteiger partial charge in [0.25, 0.3) is 0 Å². The van der Waals surface area contributed by atoms with E-state index in [1.54, 1.807) is 12.4 Å². The van der Waals surface area contributed by atoms with Crippen LogP contribution in [0.15, 0.2) is 24.5 Å². The Morgan fingerprint density at radius 3 is 2.68 bits per heavy atom. The van der Waals surface area contributed by atoms with Crippen molar-refractivity contribution >= 4 is 11.9 Å². The molecular weight excluding hydrogens is 244 g/mol. The summed E-state index contributed by atoms with van der Waals surface area (Å²) >= 11 is 0. The number of aryl methyl sites for hydroxylation is 1. The summed E-state index contributed by atoms with van der Waals surface area (Å²) in [5.74, 6) is -0.850. The molecule has 1 aromatic rings. The predicted octanol–water partition coefficient (Wildman–Crippen LogP) is 1.58. The van der Waals surface area contributed by atoms with E-state index >= 15 is 0 Å². The summed E-state index contributed by atoms with van der Waals surface area (Å²) in [6.45, 7) is 4.16. The molecule has 0 aliphatic heterocycles. The first kappa shape index (κ1) is 15.1. The second-order valence-corrected chi connectivity index (χ2v) is 4.92. The zero-order valence-corrected chi connectivity index (χ0v) is 11.4. The lowest BCUT2D eigenvalue weighted by atomic mass is 10.1. The van der Waals surface area contributed by atoms with E-state index in [2.05, 4.69) is 4.98 Å². The van der Waals surface area contributed by atoms with Crippen molar-refractivity contribution in [3.8, 4) is 0 Å². The normalized spacial score (nSPS) is 10.5. The smallest absolute Gasteiger partial charge is 0.323 e. The number of nitrogens with zero attached hydrogens (tertiary/aromatic N) is 2. The molecule has 1 aromatic heterocycles. The van der Waals surface area contributed by atoms with Crippen molar-refractivity contribution in [3.05, 3.63) is 30.1 Å². The molecule has 0 aliphatic rings. The molecule has 0 aliphatic carbocycles. The van der Waals surface area contributed by atoms with Crippen molar-refractivity contribution < 1.29 is 14.7 Å². The summed E-state index contributed by atoms with van der Waals surface area (Å²) in [6, 6.07) is 3.73. The molecule has 0 atom stereocenters. The highest BCUT2D eigenvalue weighted by atomic mass is 16.4. The highest BCUT2D eigenvalue weighted by Crippen LogP contribution is 2.06. The Labute approximate surface area is 113 Å². The molecule has 0 fully saturated rings. The van der Waals surface area contributed by atoms with Crippen molar-refractivity contribution in [3.63, 3.8) is 0 Å². The molecule has 104 valence electrons. The number of carboxylic acids is 1. The first-order valence-corrected chi connectivity index (χ1v) is 6.37. The Hall–Kier alpha value is -1.91. The van der Waals surface area contributed by atoms with Gasteiger partial charge >= 0.3 is 5.97 Å². The van der Waals surface area contributed by atoms with E-state index in [0.29, 0.717) is 19.4 Å². The molecule has 1 N–H and O–H groups in total. The molecule has 5 nitrogen and oxygen atoms in total. The van der Waals surface area contributed by atoms with Gasteiger partial charge in [-0.1, -0.05) is 19.9 Å². The zero-order chi connectivity index (χ0) is 14.3. The second kappa shape index (κ2) is 7.51. The fourth-order valence-electron chi connectivity index (χ4n) is 1.81. The quantitative estimate of drug-likeness (QED) is 0.811. The third kappa shape index (κ3) is 5.99. The molecule has 1 amide bonds. The van der Waals surface area contributed by atoms with Crippen LogP contribution < -0.4 is 0 Å². The Morgan fingerprint density at radius 2 is 2.16 bits per heavy atom. The predicted molar refractivity (Wildman–Crippen MR) is 71.6 cm³/mol. The monoisotopic (exact) mass is 264 g/mol. The number of aromatic nitrogens is 1. The van der Waals surface area contributed by atoms with Crippen LogP contribution in [0.1, 0.15) is 25.8 Å². The van der Waals surface area contributed by atoms with Gasteiger partial charge in [0.1, 0.15) is 6.54 Å². The maximum atomic E-state index is 12.0. The van der Waals surface area contributed by atoms with Crippen molar-refractivity contribution in [2.45, 2.75) is 26.7 Å². The van der Waals surface area contributed by atoms with E-state index in [1.807, 2.05) is 26.0 Å². The first-order chi connectivity index (χ1) is 8.99. The van der Waals surface area contributed by atoms with E-state index in [4.69, 9.17) is 5.11 Å². The van der Waals surface area contributed by atoms with Gasteiger partial charge in [-0.3, -0.25) is 14.6 Å². The number of pyridine rings is 1. The molecule has 0 saturated heterocycles. The number of carbonyl (C=O) groups is 2. The molecule has 5 heteroatoms. The summed E-state index contributed by atoms with van der Waals surface area (Å²) in [5.41, 5.74) is 0.982. The molecule has 0 saturated carbocycles. The second-order valence-electron chi connectivity index (χ2n) is 4.92. The Kier molecular flexibility index (Phi) is 5.99. The van der Waals surface area contributed by atoms with E-state index in [9.17, 15) is 9.59 Å². The number of aliphatic carboxylic acids is 1. The van der Waals surface area contributed by atoms with Gasteiger partial charge in [0.2, 0.25) is 5.91 Å². The Balaban J connectivity index is 2.54. The Morgan fingerprint density at radius 1 is 1.42 bits per heavy atom. The maximum absolute atomic E-state index is 12.0. The van der Waals surface area contributed by atoms with E-state index < -0.39 is 5.97 Å². The van der Waals surface area contributed by atoms with E-state index in [-0.39, 0.29) is 18.4 Å². The summed E-state index contributed by atoms with van der Waals surface area (Å²) in [6.07, 6.45) is 4.30. The van der Waals surface area contributed by atoms with Crippen molar-refractivity contribution in [2.24, 2.45) is 5.92 Å². The fraction of sp³-hybridized carbons (Fsp3) is 0.500. The van der Waals surface area contributed by atoms with Crippen LogP contribution in [0.2, 0.25) is 0 Å². The SMILES string of the molecule is CC(C)CN(CC(=O)O)C(=O)CCc1cccnc1. The molecule has 1 heterocycles. The highest BCUT2D eigenvalue weighted by Gasteiger charge is 2.17. The molecule has 0 spiro atoms. The molecular formula is C14H20N2O3. The molecule has 0 bridgehead atoms. The van der Waals surface area contributed by atoms with Gasteiger partial charge in [0.15, 0.2) is 0 Å². The average Bonchev–Trinajstić information content (AvgIpc) is 2.35. The number of carbonyl (C=O) groups excluding carboxylic acids is 1. The van der Waals surface area contributed by atoms with Gasteiger partial charge in [0, 0.05) is 25.4 Å². The number of rotatable bonds is 7. The van der Waals surface area contributed by atoms with Crippen LogP contribution in [0.5, 0.6) is 0 Å². The van der Waals surface area contributed by atoms with Gasteiger partial charge in [-0.05, 0) is 24.0 Å². The van der Waals surface area contributed by atoms with E-state index in [1.165, 1.54) is 4.90 Å². The molecule has 0 aromatic carbocycles.